The Morgan fingerprint density at radius 2 is 2.25 bits per heavy atom. The number of benzene rings is 1. The van der Waals surface area contributed by atoms with Gasteiger partial charge in [-0.15, -0.1) is 11.8 Å². The minimum Gasteiger partial charge on any atom is -0.389 e. The van der Waals surface area contributed by atoms with Crippen molar-refractivity contribution in [2.75, 3.05) is 5.75 Å². The maximum atomic E-state index is 9.31. The van der Waals surface area contributed by atoms with Gasteiger partial charge in [-0.05, 0) is 30.4 Å². The van der Waals surface area contributed by atoms with Crippen LogP contribution in [0.5, 0.6) is 0 Å². The van der Waals surface area contributed by atoms with E-state index in [1.807, 2.05) is 18.2 Å². The van der Waals surface area contributed by atoms with Crippen LogP contribution in [0.25, 0.3) is 0 Å². The van der Waals surface area contributed by atoms with Crippen molar-refractivity contribution in [3.8, 4) is 0 Å². The maximum Gasteiger partial charge on any atom is 0.0762 e. The van der Waals surface area contributed by atoms with Gasteiger partial charge in [-0.25, -0.2) is 0 Å². The van der Waals surface area contributed by atoms with E-state index in [1.165, 1.54) is 4.90 Å². The van der Waals surface area contributed by atoms with Crippen molar-refractivity contribution in [1.82, 2.24) is 0 Å². The Labute approximate surface area is 77.8 Å². The molecule has 1 atom stereocenters. The van der Waals surface area contributed by atoms with Crippen LogP contribution in [0.4, 0.5) is 0 Å². The minimum absolute atomic E-state index is 0.359. The van der Waals surface area contributed by atoms with Gasteiger partial charge in [-0.3, -0.25) is 0 Å². The molecule has 2 heteroatoms. The Morgan fingerprint density at radius 1 is 1.50 bits per heavy atom. The van der Waals surface area contributed by atoms with Crippen molar-refractivity contribution in [3.63, 3.8) is 0 Å². The molecule has 0 bridgehead atoms. The first-order chi connectivity index (χ1) is 5.74. The predicted molar refractivity (Wildman–Crippen MR) is 53.5 cm³/mol. The summed E-state index contributed by atoms with van der Waals surface area (Å²) >= 11 is 1.80. The summed E-state index contributed by atoms with van der Waals surface area (Å²) in [6.45, 7) is 3.91. The molecule has 1 N–H and O–H groups in total. The maximum absolute atomic E-state index is 9.31. The SMILES string of the molecule is CCSc1cccc(C(C)O)c1. The second-order valence-corrected chi connectivity index (χ2v) is 4.02. The molecule has 1 unspecified atom stereocenters. The zero-order valence-electron chi connectivity index (χ0n) is 7.45. The molecule has 0 saturated heterocycles. The summed E-state index contributed by atoms with van der Waals surface area (Å²) in [4.78, 5) is 1.23. The molecule has 0 aliphatic heterocycles. The molecular formula is C10H14OS. The molecule has 0 aromatic heterocycles. The topological polar surface area (TPSA) is 20.2 Å². The van der Waals surface area contributed by atoms with Crippen LogP contribution in [0.3, 0.4) is 0 Å². The first-order valence-electron chi connectivity index (χ1n) is 4.15. The van der Waals surface area contributed by atoms with E-state index < -0.39 is 0 Å². The highest BCUT2D eigenvalue weighted by atomic mass is 32.2. The van der Waals surface area contributed by atoms with Gasteiger partial charge in [0.2, 0.25) is 0 Å². The Bertz CT molecular complexity index is 245. The molecular weight excluding hydrogens is 168 g/mol. The van der Waals surface area contributed by atoms with Gasteiger partial charge in [0.15, 0.2) is 0 Å². The molecule has 12 heavy (non-hydrogen) atoms. The summed E-state index contributed by atoms with van der Waals surface area (Å²) in [7, 11) is 0. The largest absolute Gasteiger partial charge is 0.389 e. The van der Waals surface area contributed by atoms with Gasteiger partial charge >= 0.3 is 0 Å². The Kier molecular flexibility index (Phi) is 3.63. The fraction of sp³-hybridized carbons (Fsp3) is 0.400. The molecule has 0 aliphatic rings. The highest BCUT2D eigenvalue weighted by Gasteiger charge is 2.00. The standard InChI is InChI=1S/C10H14OS/c1-3-12-10-6-4-5-9(7-10)8(2)11/h4-8,11H,3H2,1-2H3. The molecule has 1 rings (SSSR count). The van der Waals surface area contributed by atoms with Crippen molar-refractivity contribution in [1.29, 1.82) is 0 Å². The molecule has 0 saturated carbocycles. The normalized spacial score (nSPS) is 12.9. The van der Waals surface area contributed by atoms with Crippen molar-refractivity contribution in [2.45, 2.75) is 24.8 Å². The number of rotatable bonds is 3. The number of hydrogen-bond donors (Lipinski definition) is 1. The summed E-state index contributed by atoms with van der Waals surface area (Å²) in [5.41, 5.74) is 0.994. The van der Waals surface area contributed by atoms with Crippen LogP contribution in [0.2, 0.25) is 0 Å². The predicted octanol–water partition coefficient (Wildman–Crippen LogP) is 2.85. The molecule has 0 radical (unpaired) electrons. The fourth-order valence-electron chi connectivity index (χ4n) is 1.03. The third-order valence-electron chi connectivity index (χ3n) is 1.65. The molecule has 1 nitrogen and oxygen atoms in total. The lowest BCUT2D eigenvalue weighted by atomic mass is 10.1. The molecule has 0 spiro atoms. The van der Waals surface area contributed by atoms with Gasteiger partial charge in [0.1, 0.15) is 0 Å². The highest BCUT2D eigenvalue weighted by molar-refractivity contribution is 7.99. The van der Waals surface area contributed by atoms with Crippen LogP contribution >= 0.6 is 11.8 Å². The molecule has 0 aliphatic carbocycles. The Balaban J connectivity index is 2.81. The van der Waals surface area contributed by atoms with E-state index in [1.54, 1.807) is 18.7 Å². The summed E-state index contributed by atoms with van der Waals surface area (Å²) < 4.78 is 0. The third-order valence-corrected chi connectivity index (χ3v) is 2.53. The van der Waals surface area contributed by atoms with Crippen molar-refractivity contribution in [3.05, 3.63) is 29.8 Å². The monoisotopic (exact) mass is 182 g/mol. The summed E-state index contributed by atoms with van der Waals surface area (Å²) in [6.07, 6.45) is -0.359. The van der Waals surface area contributed by atoms with Gasteiger partial charge in [0, 0.05) is 4.90 Å². The smallest absolute Gasteiger partial charge is 0.0762 e. The van der Waals surface area contributed by atoms with E-state index in [4.69, 9.17) is 0 Å². The first kappa shape index (κ1) is 9.62. The lowest BCUT2D eigenvalue weighted by Crippen LogP contribution is -1.90. The summed E-state index contributed by atoms with van der Waals surface area (Å²) in [5, 5.41) is 9.31. The van der Waals surface area contributed by atoms with Crippen LogP contribution < -0.4 is 0 Å². The molecule has 0 heterocycles. The van der Waals surface area contributed by atoms with Crippen LogP contribution in [0.1, 0.15) is 25.5 Å². The average molecular weight is 182 g/mol. The molecule has 1 aromatic rings. The fourth-order valence-corrected chi connectivity index (χ4v) is 1.76. The van der Waals surface area contributed by atoms with Crippen molar-refractivity contribution < 1.29 is 5.11 Å². The molecule has 1 aromatic carbocycles. The first-order valence-corrected chi connectivity index (χ1v) is 5.13. The van der Waals surface area contributed by atoms with Gasteiger partial charge in [-0.2, -0.15) is 0 Å². The summed E-state index contributed by atoms with van der Waals surface area (Å²) in [6, 6.07) is 8.04. The van der Waals surface area contributed by atoms with E-state index in [2.05, 4.69) is 13.0 Å². The number of aliphatic hydroxyl groups excluding tert-OH is 1. The number of hydrogen-bond acceptors (Lipinski definition) is 2. The van der Waals surface area contributed by atoms with Crippen LogP contribution in [0.15, 0.2) is 29.2 Å². The second kappa shape index (κ2) is 4.53. The number of aliphatic hydroxyl groups is 1. The van der Waals surface area contributed by atoms with Crippen molar-refractivity contribution in [2.24, 2.45) is 0 Å². The van der Waals surface area contributed by atoms with E-state index in [0.717, 1.165) is 11.3 Å². The lowest BCUT2D eigenvalue weighted by molar-refractivity contribution is 0.199. The zero-order valence-corrected chi connectivity index (χ0v) is 8.27. The average Bonchev–Trinajstić information content (AvgIpc) is 2.05. The van der Waals surface area contributed by atoms with Gasteiger partial charge in [0.05, 0.1) is 6.10 Å². The van der Waals surface area contributed by atoms with Crippen LogP contribution in [-0.2, 0) is 0 Å². The van der Waals surface area contributed by atoms with Gasteiger partial charge in [0.25, 0.3) is 0 Å². The van der Waals surface area contributed by atoms with Gasteiger partial charge < -0.3 is 5.11 Å². The minimum atomic E-state index is -0.359. The summed E-state index contributed by atoms with van der Waals surface area (Å²) in [5.74, 6) is 1.07. The van der Waals surface area contributed by atoms with E-state index in [0.29, 0.717) is 0 Å². The molecule has 0 fully saturated rings. The Morgan fingerprint density at radius 3 is 2.83 bits per heavy atom. The van der Waals surface area contributed by atoms with E-state index in [-0.39, 0.29) is 6.10 Å². The highest BCUT2D eigenvalue weighted by Crippen LogP contribution is 2.21. The van der Waals surface area contributed by atoms with Crippen LogP contribution in [0, 0.1) is 0 Å². The molecule has 0 amide bonds. The zero-order chi connectivity index (χ0) is 8.97. The number of thioether (sulfide) groups is 1. The lowest BCUT2D eigenvalue weighted by Gasteiger charge is -2.05. The quantitative estimate of drug-likeness (QED) is 0.725. The molecule has 66 valence electrons. The van der Waals surface area contributed by atoms with E-state index in [9.17, 15) is 5.11 Å². The second-order valence-electron chi connectivity index (χ2n) is 2.68. The third kappa shape index (κ3) is 2.54. The van der Waals surface area contributed by atoms with Gasteiger partial charge in [-0.1, -0.05) is 19.1 Å². The van der Waals surface area contributed by atoms with E-state index >= 15 is 0 Å². The van der Waals surface area contributed by atoms with Crippen LogP contribution in [-0.4, -0.2) is 10.9 Å². The van der Waals surface area contributed by atoms with Crippen molar-refractivity contribution >= 4 is 11.8 Å². The Hall–Kier alpha value is -0.470.